The topological polar surface area (TPSA) is 75.6 Å². The lowest BCUT2D eigenvalue weighted by Gasteiger charge is -2.18. The molecule has 0 aliphatic carbocycles. The van der Waals surface area contributed by atoms with Crippen LogP contribution < -0.4 is 5.32 Å². The first-order valence-corrected chi connectivity index (χ1v) is 7.28. The second kappa shape index (κ2) is 6.15. The summed E-state index contributed by atoms with van der Waals surface area (Å²) in [6, 6.07) is 12.0. The van der Waals surface area contributed by atoms with Crippen LogP contribution in [0.15, 0.2) is 42.5 Å². The Hall–Kier alpha value is -2.40. The second-order valence-corrected chi connectivity index (χ2v) is 5.39. The summed E-state index contributed by atoms with van der Waals surface area (Å²) in [5.41, 5.74) is 0.553. The van der Waals surface area contributed by atoms with Crippen molar-refractivity contribution in [2.75, 3.05) is 6.61 Å². The maximum Gasteiger partial charge on any atom is 0.330 e. The van der Waals surface area contributed by atoms with Crippen molar-refractivity contribution in [3.63, 3.8) is 0 Å². The fourth-order valence-electron chi connectivity index (χ4n) is 2.69. The van der Waals surface area contributed by atoms with Gasteiger partial charge >= 0.3 is 5.97 Å². The normalized spacial score (nSPS) is 19.0. The third kappa shape index (κ3) is 2.94. The van der Waals surface area contributed by atoms with E-state index < -0.39 is 18.1 Å². The zero-order valence-corrected chi connectivity index (χ0v) is 12.0. The predicted octanol–water partition coefficient (Wildman–Crippen LogP) is 2.26. The number of fused-ring (bicyclic) bond motifs is 1. The highest BCUT2D eigenvalue weighted by molar-refractivity contribution is 5.89. The van der Waals surface area contributed by atoms with Crippen LogP contribution in [-0.4, -0.2) is 29.7 Å². The van der Waals surface area contributed by atoms with Crippen molar-refractivity contribution in [3.05, 3.63) is 48.0 Å². The Balaban J connectivity index is 1.85. The standard InChI is InChI=1S/C17H17NO4/c19-16(14-6-3-9-22-14)18-15(17(20)21)13-8-7-11-4-1-2-5-12(11)10-13/h1-2,4-5,7-8,10,14-15H,3,6,9H2,(H,18,19)(H,20,21). The molecular weight excluding hydrogens is 282 g/mol. The summed E-state index contributed by atoms with van der Waals surface area (Å²) < 4.78 is 5.30. The number of carboxylic acids is 1. The van der Waals surface area contributed by atoms with E-state index >= 15 is 0 Å². The highest BCUT2D eigenvalue weighted by Crippen LogP contribution is 2.22. The summed E-state index contributed by atoms with van der Waals surface area (Å²) in [4.78, 5) is 23.6. The molecule has 1 aliphatic heterocycles. The van der Waals surface area contributed by atoms with Gasteiger partial charge in [0, 0.05) is 6.61 Å². The highest BCUT2D eigenvalue weighted by Gasteiger charge is 2.29. The van der Waals surface area contributed by atoms with Crippen LogP contribution in [0.3, 0.4) is 0 Å². The van der Waals surface area contributed by atoms with E-state index in [0.29, 0.717) is 18.6 Å². The van der Waals surface area contributed by atoms with Gasteiger partial charge in [0.1, 0.15) is 6.10 Å². The van der Waals surface area contributed by atoms with Crippen molar-refractivity contribution in [1.29, 1.82) is 0 Å². The van der Waals surface area contributed by atoms with Gasteiger partial charge in [0.15, 0.2) is 6.04 Å². The zero-order valence-electron chi connectivity index (χ0n) is 12.0. The largest absolute Gasteiger partial charge is 0.479 e. The number of amides is 1. The molecule has 1 aliphatic rings. The summed E-state index contributed by atoms with van der Waals surface area (Å²) in [6.07, 6.45) is 0.920. The molecule has 5 heteroatoms. The van der Waals surface area contributed by atoms with Crippen molar-refractivity contribution in [3.8, 4) is 0 Å². The molecule has 2 aromatic rings. The Morgan fingerprint density at radius 1 is 1.18 bits per heavy atom. The first kappa shape index (κ1) is 14.5. The minimum absolute atomic E-state index is 0.363. The van der Waals surface area contributed by atoms with Crippen molar-refractivity contribution >= 4 is 22.6 Å². The number of rotatable bonds is 4. The van der Waals surface area contributed by atoms with Crippen LogP contribution >= 0.6 is 0 Å². The minimum atomic E-state index is -1.08. The number of nitrogens with one attached hydrogen (secondary N) is 1. The number of aliphatic carboxylic acids is 1. The van der Waals surface area contributed by atoms with E-state index in [2.05, 4.69) is 5.32 Å². The zero-order chi connectivity index (χ0) is 15.5. The van der Waals surface area contributed by atoms with Crippen molar-refractivity contribution in [2.24, 2.45) is 0 Å². The van der Waals surface area contributed by atoms with Gasteiger partial charge in [-0.15, -0.1) is 0 Å². The van der Waals surface area contributed by atoms with Crippen LogP contribution in [0.25, 0.3) is 10.8 Å². The van der Waals surface area contributed by atoms with Crippen LogP contribution in [0.5, 0.6) is 0 Å². The monoisotopic (exact) mass is 299 g/mol. The molecule has 0 saturated carbocycles. The average Bonchev–Trinajstić information content (AvgIpc) is 3.06. The summed E-state index contributed by atoms with van der Waals surface area (Å²) in [5, 5.41) is 14.0. The first-order chi connectivity index (χ1) is 10.6. The fraction of sp³-hybridized carbons (Fsp3) is 0.294. The molecule has 0 aromatic heterocycles. The van der Waals surface area contributed by atoms with Gasteiger partial charge in [0.2, 0.25) is 5.91 Å². The lowest BCUT2D eigenvalue weighted by atomic mass is 10.0. The van der Waals surface area contributed by atoms with Crippen molar-refractivity contribution in [1.82, 2.24) is 5.32 Å². The van der Waals surface area contributed by atoms with Gasteiger partial charge in [0.05, 0.1) is 0 Å². The van der Waals surface area contributed by atoms with Crippen molar-refractivity contribution < 1.29 is 19.4 Å². The van der Waals surface area contributed by atoms with E-state index in [9.17, 15) is 14.7 Å². The van der Waals surface area contributed by atoms with E-state index in [-0.39, 0.29) is 5.91 Å². The molecule has 22 heavy (non-hydrogen) atoms. The predicted molar refractivity (Wildman–Crippen MR) is 81.4 cm³/mol. The Bertz CT molecular complexity index is 707. The molecule has 0 spiro atoms. The molecular formula is C17H17NO4. The Morgan fingerprint density at radius 2 is 1.95 bits per heavy atom. The summed E-state index contributed by atoms with van der Waals surface area (Å²) in [5.74, 6) is -1.44. The Morgan fingerprint density at radius 3 is 2.64 bits per heavy atom. The van der Waals surface area contributed by atoms with Gasteiger partial charge in [-0.05, 0) is 35.2 Å². The molecule has 1 amide bonds. The Labute approximate surface area is 127 Å². The van der Waals surface area contributed by atoms with Gasteiger partial charge in [-0.25, -0.2) is 4.79 Å². The smallest absolute Gasteiger partial charge is 0.330 e. The van der Waals surface area contributed by atoms with Crippen LogP contribution in [-0.2, 0) is 14.3 Å². The molecule has 0 bridgehead atoms. The molecule has 114 valence electrons. The molecule has 2 unspecified atom stereocenters. The lowest BCUT2D eigenvalue weighted by Crippen LogP contribution is -2.40. The quantitative estimate of drug-likeness (QED) is 0.908. The molecule has 2 atom stereocenters. The summed E-state index contributed by atoms with van der Waals surface area (Å²) in [7, 11) is 0. The summed E-state index contributed by atoms with van der Waals surface area (Å²) >= 11 is 0. The number of hydrogen-bond acceptors (Lipinski definition) is 3. The molecule has 1 heterocycles. The number of ether oxygens (including phenoxy) is 1. The third-order valence-corrected chi connectivity index (χ3v) is 3.86. The molecule has 1 saturated heterocycles. The number of carbonyl (C=O) groups is 2. The average molecular weight is 299 g/mol. The molecule has 2 N–H and O–H groups in total. The van der Waals surface area contributed by atoms with Gasteiger partial charge in [-0.1, -0.05) is 36.4 Å². The number of hydrogen-bond donors (Lipinski definition) is 2. The number of carbonyl (C=O) groups excluding carboxylic acids is 1. The summed E-state index contributed by atoms with van der Waals surface area (Å²) in [6.45, 7) is 0.547. The maximum atomic E-state index is 12.1. The van der Waals surface area contributed by atoms with E-state index in [4.69, 9.17) is 4.74 Å². The van der Waals surface area contributed by atoms with E-state index in [0.717, 1.165) is 17.2 Å². The van der Waals surface area contributed by atoms with E-state index in [1.807, 2.05) is 30.3 Å². The van der Waals surface area contributed by atoms with Crippen LogP contribution in [0.1, 0.15) is 24.4 Å². The van der Waals surface area contributed by atoms with Gasteiger partial charge in [-0.2, -0.15) is 0 Å². The minimum Gasteiger partial charge on any atom is -0.479 e. The van der Waals surface area contributed by atoms with Gasteiger partial charge in [0.25, 0.3) is 0 Å². The van der Waals surface area contributed by atoms with E-state index in [1.165, 1.54) is 0 Å². The van der Waals surface area contributed by atoms with Gasteiger partial charge < -0.3 is 15.2 Å². The number of benzene rings is 2. The molecule has 5 nitrogen and oxygen atoms in total. The lowest BCUT2D eigenvalue weighted by molar-refractivity contribution is -0.143. The number of carboxylic acid groups (broad SMARTS) is 1. The molecule has 3 rings (SSSR count). The Kier molecular flexibility index (Phi) is 4.06. The first-order valence-electron chi connectivity index (χ1n) is 7.28. The van der Waals surface area contributed by atoms with Gasteiger partial charge in [-0.3, -0.25) is 4.79 Å². The SMILES string of the molecule is O=C(NC(C(=O)O)c1ccc2ccccc2c1)C1CCCO1. The third-order valence-electron chi connectivity index (χ3n) is 3.86. The maximum absolute atomic E-state index is 12.1. The highest BCUT2D eigenvalue weighted by atomic mass is 16.5. The second-order valence-electron chi connectivity index (χ2n) is 5.39. The van der Waals surface area contributed by atoms with Crippen molar-refractivity contribution in [2.45, 2.75) is 25.0 Å². The van der Waals surface area contributed by atoms with Crippen LogP contribution in [0, 0.1) is 0 Å². The molecule has 2 aromatic carbocycles. The van der Waals surface area contributed by atoms with Crippen LogP contribution in [0.4, 0.5) is 0 Å². The molecule has 0 radical (unpaired) electrons. The van der Waals surface area contributed by atoms with Crippen LogP contribution in [0.2, 0.25) is 0 Å². The fourth-order valence-corrected chi connectivity index (χ4v) is 2.69. The van der Waals surface area contributed by atoms with E-state index in [1.54, 1.807) is 12.1 Å². The molecule has 1 fully saturated rings.